The summed E-state index contributed by atoms with van der Waals surface area (Å²) in [5.41, 5.74) is 0.0109. The molecule has 0 aliphatic rings. The van der Waals surface area contributed by atoms with E-state index in [0.29, 0.717) is 12.1 Å². The Morgan fingerprint density at radius 2 is 1.72 bits per heavy atom. The van der Waals surface area contributed by atoms with Gasteiger partial charge < -0.3 is 0 Å². The van der Waals surface area contributed by atoms with Crippen molar-refractivity contribution in [2.75, 3.05) is 0 Å². The third-order valence-corrected chi connectivity index (χ3v) is 4.69. The Morgan fingerprint density at radius 3 is 2.32 bits per heavy atom. The topological polar surface area (TPSA) is 75.3 Å². The van der Waals surface area contributed by atoms with Crippen molar-refractivity contribution in [2.24, 2.45) is 0 Å². The average molecular weight is 397 g/mol. The molecular formula is C14H9ClF4N2O3S. The lowest BCUT2D eigenvalue weighted by Gasteiger charge is -2.12. The summed E-state index contributed by atoms with van der Waals surface area (Å²) in [5, 5.41) is -0.486. The number of rotatable bonds is 4. The molecule has 25 heavy (non-hydrogen) atoms. The first-order chi connectivity index (χ1) is 11.5. The molecular weight excluding hydrogens is 388 g/mol. The first-order valence-electron chi connectivity index (χ1n) is 6.46. The van der Waals surface area contributed by atoms with Crippen LogP contribution in [0.25, 0.3) is 0 Å². The molecule has 0 saturated carbocycles. The van der Waals surface area contributed by atoms with Gasteiger partial charge in [0.1, 0.15) is 10.7 Å². The number of hydrogen-bond donors (Lipinski definition) is 2. The number of hydrogen-bond acceptors (Lipinski definition) is 3. The maximum Gasteiger partial charge on any atom is 0.416 e. The summed E-state index contributed by atoms with van der Waals surface area (Å²) in [4.78, 5) is 12.4. The maximum absolute atomic E-state index is 13.4. The van der Waals surface area contributed by atoms with E-state index < -0.39 is 49.0 Å². The maximum atomic E-state index is 13.4. The van der Waals surface area contributed by atoms with Gasteiger partial charge >= 0.3 is 6.18 Å². The molecule has 0 spiro atoms. The molecule has 0 heterocycles. The van der Waals surface area contributed by atoms with Crippen LogP contribution in [0.5, 0.6) is 0 Å². The third kappa shape index (κ3) is 4.47. The Kier molecular flexibility index (Phi) is 5.35. The number of amides is 1. The predicted octanol–water partition coefficient (Wildman–Crippen LogP) is 3.12. The van der Waals surface area contributed by atoms with Gasteiger partial charge in [-0.25, -0.2) is 12.8 Å². The minimum Gasteiger partial charge on any atom is -0.273 e. The van der Waals surface area contributed by atoms with Gasteiger partial charge in [-0.05, 0) is 30.3 Å². The monoisotopic (exact) mass is 396 g/mol. The lowest BCUT2D eigenvalue weighted by Crippen LogP contribution is -2.42. The first-order valence-corrected chi connectivity index (χ1v) is 8.32. The van der Waals surface area contributed by atoms with Crippen LogP contribution in [0.15, 0.2) is 47.4 Å². The quantitative estimate of drug-likeness (QED) is 0.616. The molecule has 2 N–H and O–H groups in total. The van der Waals surface area contributed by atoms with Gasteiger partial charge in [0, 0.05) is 0 Å². The highest BCUT2D eigenvalue weighted by Crippen LogP contribution is 2.33. The summed E-state index contributed by atoms with van der Waals surface area (Å²) in [6.07, 6.45) is -4.79. The summed E-state index contributed by atoms with van der Waals surface area (Å²) in [7, 11) is -4.63. The fourth-order valence-electron chi connectivity index (χ4n) is 1.77. The number of alkyl halides is 3. The molecule has 0 unspecified atom stereocenters. The van der Waals surface area contributed by atoms with Gasteiger partial charge in [0.15, 0.2) is 0 Å². The van der Waals surface area contributed by atoms with Gasteiger partial charge in [-0.3, -0.25) is 10.2 Å². The molecule has 2 aromatic rings. The molecule has 0 atom stereocenters. The van der Waals surface area contributed by atoms with E-state index in [2.05, 4.69) is 0 Å². The van der Waals surface area contributed by atoms with Crippen LogP contribution in [0.4, 0.5) is 17.6 Å². The molecule has 11 heteroatoms. The second-order valence-electron chi connectivity index (χ2n) is 4.68. The molecule has 0 fully saturated rings. The van der Waals surface area contributed by atoms with E-state index in [0.717, 1.165) is 18.2 Å². The number of hydrazine groups is 1. The van der Waals surface area contributed by atoms with E-state index in [1.54, 1.807) is 10.3 Å². The van der Waals surface area contributed by atoms with E-state index in [9.17, 15) is 30.8 Å². The summed E-state index contributed by atoms with van der Waals surface area (Å²) in [6, 6.07) is 6.43. The van der Waals surface area contributed by atoms with Crippen LogP contribution < -0.4 is 10.3 Å². The Balaban J connectivity index is 2.25. The SMILES string of the molecule is O=C(NNS(=O)(=O)c1cc(C(F)(F)F)ccc1Cl)c1ccccc1F. The number of sulfonamides is 1. The van der Waals surface area contributed by atoms with Crippen molar-refractivity contribution in [2.45, 2.75) is 11.1 Å². The number of carbonyl (C=O) groups excluding carboxylic acids is 1. The van der Waals surface area contributed by atoms with Crippen LogP contribution in [-0.2, 0) is 16.2 Å². The summed E-state index contributed by atoms with van der Waals surface area (Å²) >= 11 is 5.63. The van der Waals surface area contributed by atoms with Crippen molar-refractivity contribution < 1.29 is 30.8 Å². The lowest BCUT2D eigenvalue weighted by molar-refractivity contribution is -0.137. The van der Waals surface area contributed by atoms with Crippen LogP contribution in [0.1, 0.15) is 15.9 Å². The van der Waals surface area contributed by atoms with Gasteiger partial charge in [0.2, 0.25) is 0 Å². The summed E-state index contributed by atoms with van der Waals surface area (Å²) in [5.74, 6) is -2.04. The van der Waals surface area contributed by atoms with Crippen LogP contribution >= 0.6 is 11.6 Å². The van der Waals surface area contributed by atoms with Gasteiger partial charge in [-0.2, -0.15) is 13.2 Å². The predicted molar refractivity (Wildman–Crippen MR) is 80.6 cm³/mol. The molecule has 0 bridgehead atoms. The molecule has 0 aliphatic carbocycles. The fraction of sp³-hybridized carbons (Fsp3) is 0.0714. The summed E-state index contributed by atoms with van der Waals surface area (Å²) < 4.78 is 75.7. The molecule has 1 amide bonds. The van der Waals surface area contributed by atoms with Crippen molar-refractivity contribution >= 4 is 27.5 Å². The van der Waals surface area contributed by atoms with Gasteiger partial charge in [0.05, 0.1) is 16.1 Å². The molecule has 0 radical (unpaired) electrons. The lowest BCUT2D eigenvalue weighted by atomic mass is 10.2. The first kappa shape index (κ1) is 19.2. The normalized spacial score (nSPS) is 12.0. The van der Waals surface area contributed by atoms with Gasteiger partial charge in [-0.15, -0.1) is 4.83 Å². The number of nitrogens with one attached hydrogen (secondary N) is 2. The highest BCUT2D eigenvalue weighted by molar-refractivity contribution is 7.89. The van der Waals surface area contributed by atoms with Crippen LogP contribution in [0.3, 0.4) is 0 Å². The van der Waals surface area contributed by atoms with Crippen molar-refractivity contribution in [3.05, 3.63) is 64.4 Å². The second-order valence-corrected chi connectivity index (χ2v) is 6.74. The molecule has 0 aromatic heterocycles. The molecule has 0 saturated heterocycles. The van der Waals surface area contributed by atoms with Crippen molar-refractivity contribution in [1.29, 1.82) is 0 Å². The summed E-state index contributed by atoms with van der Waals surface area (Å²) in [6.45, 7) is 0. The van der Waals surface area contributed by atoms with Crippen molar-refractivity contribution in [3.63, 3.8) is 0 Å². The third-order valence-electron chi connectivity index (χ3n) is 2.97. The minimum absolute atomic E-state index is 0.319. The highest BCUT2D eigenvalue weighted by Gasteiger charge is 2.32. The Hall–Kier alpha value is -2.17. The Bertz CT molecular complexity index is 917. The van der Waals surface area contributed by atoms with E-state index in [1.165, 1.54) is 12.1 Å². The largest absolute Gasteiger partial charge is 0.416 e. The smallest absolute Gasteiger partial charge is 0.273 e. The average Bonchev–Trinajstić information content (AvgIpc) is 2.52. The van der Waals surface area contributed by atoms with Gasteiger partial charge in [0.25, 0.3) is 15.9 Å². The van der Waals surface area contributed by atoms with E-state index in [1.807, 2.05) is 0 Å². The van der Waals surface area contributed by atoms with E-state index in [4.69, 9.17) is 11.6 Å². The Labute approximate surface area is 144 Å². The zero-order chi connectivity index (χ0) is 18.8. The Morgan fingerprint density at radius 1 is 1.08 bits per heavy atom. The fourth-order valence-corrected chi connectivity index (χ4v) is 3.13. The molecule has 2 aromatic carbocycles. The number of benzene rings is 2. The standard InChI is InChI=1S/C14H9ClF4N2O3S/c15-10-6-5-8(14(17,18)19)7-12(10)25(23,24)21-20-13(22)9-3-1-2-4-11(9)16/h1-7,21H,(H,20,22). The van der Waals surface area contributed by atoms with Crippen LogP contribution in [0, 0.1) is 5.82 Å². The highest BCUT2D eigenvalue weighted by atomic mass is 35.5. The molecule has 0 aliphatic heterocycles. The molecule has 2 rings (SSSR count). The number of halogens is 5. The zero-order valence-electron chi connectivity index (χ0n) is 12.1. The van der Waals surface area contributed by atoms with Crippen molar-refractivity contribution in [3.8, 4) is 0 Å². The molecule has 5 nitrogen and oxygen atoms in total. The minimum atomic E-state index is -4.79. The molecule has 134 valence electrons. The van der Waals surface area contributed by atoms with Crippen LogP contribution in [0.2, 0.25) is 5.02 Å². The zero-order valence-corrected chi connectivity index (χ0v) is 13.6. The van der Waals surface area contributed by atoms with Gasteiger partial charge in [-0.1, -0.05) is 23.7 Å². The number of carbonyl (C=O) groups is 1. The van der Waals surface area contributed by atoms with Crippen molar-refractivity contribution in [1.82, 2.24) is 10.3 Å². The van der Waals surface area contributed by atoms with E-state index in [-0.39, 0.29) is 0 Å². The van der Waals surface area contributed by atoms with Crippen LogP contribution in [-0.4, -0.2) is 14.3 Å². The second kappa shape index (κ2) is 6.98. The van der Waals surface area contributed by atoms with E-state index >= 15 is 0 Å².